The summed E-state index contributed by atoms with van der Waals surface area (Å²) in [5.41, 5.74) is 2.77. The first-order valence-electron chi connectivity index (χ1n) is 8.20. The van der Waals surface area contributed by atoms with E-state index in [1.807, 2.05) is 53.2 Å². The van der Waals surface area contributed by atoms with Gasteiger partial charge in [-0.15, -0.1) is 12.4 Å². The number of hydrogen-bond acceptors (Lipinski definition) is 3. The van der Waals surface area contributed by atoms with Crippen LogP contribution in [0.3, 0.4) is 0 Å². The maximum absolute atomic E-state index is 12.8. The van der Waals surface area contributed by atoms with Crippen LogP contribution in [0.1, 0.15) is 10.4 Å². The number of halogens is 1. The molecular weight excluding hydrogens is 350 g/mol. The number of rotatable bonds is 1. The first-order chi connectivity index (χ1) is 12.3. The lowest BCUT2D eigenvalue weighted by atomic mass is 10.1. The molecule has 4 aromatic rings. The third-order valence-electron chi connectivity index (χ3n) is 4.55. The molecule has 1 aliphatic heterocycles. The maximum Gasteiger partial charge on any atom is 0.280 e. The molecule has 0 radical (unpaired) electrons. The lowest BCUT2D eigenvalue weighted by Gasteiger charge is -2.07. The molecule has 1 amide bonds. The van der Waals surface area contributed by atoms with E-state index in [2.05, 4.69) is 20.3 Å². The van der Waals surface area contributed by atoms with Crippen LogP contribution in [-0.2, 0) is 6.54 Å². The van der Waals surface area contributed by atoms with Gasteiger partial charge in [0.2, 0.25) is 5.62 Å². The van der Waals surface area contributed by atoms with Crippen molar-refractivity contribution in [1.29, 1.82) is 0 Å². The number of aromatic amines is 1. The second-order valence-electron chi connectivity index (χ2n) is 6.02. The zero-order chi connectivity index (χ0) is 16.8. The molecule has 0 aliphatic carbocycles. The van der Waals surface area contributed by atoms with Gasteiger partial charge in [0.1, 0.15) is 5.82 Å². The zero-order valence-electron chi connectivity index (χ0n) is 13.8. The fourth-order valence-corrected chi connectivity index (χ4v) is 3.38. The van der Waals surface area contributed by atoms with Gasteiger partial charge in [0, 0.05) is 35.6 Å². The number of nitrogens with one attached hydrogen (secondary N) is 2. The summed E-state index contributed by atoms with van der Waals surface area (Å²) in [6.45, 7) is 1.55. The quantitative estimate of drug-likeness (QED) is 0.544. The lowest BCUT2D eigenvalue weighted by Crippen LogP contribution is -2.24. The fourth-order valence-electron chi connectivity index (χ4n) is 3.38. The van der Waals surface area contributed by atoms with E-state index in [0.29, 0.717) is 11.2 Å². The summed E-state index contributed by atoms with van der Waals surface area (Å²) in [5, 5.41) is 5.28. The average Bonchev–Trinajstić information content (AvgIpc) is 3.31. The number of fused-ring (bicyclic) bond motifs is 4. The van der Waals surface area contributed by atoms with Gasteiger partial charge in [-0.2, -0.15) is 4.99 Å². The molecule has 0 bridgehead atoms. The topological polar surface area (TPSA) is 75.1 Å². The van der Waals surface area contributed by atoms with Crippen molar-refractivity contribution < 1.29 is 4.79 Å². The molecule has 7 heteroatoms. The van der Waals surface area contributed by atoms with Gasteiger partial charge < -0.3 is 10.3 Å². The van der Waals surface area contributed by atoms with Crippen LogP contribution < -0.4 is 10.9 Å². The van der Waals surface area contributed by atoms with Gasteiger partial charge in [0.05, 0.1) is 11.1 Å². The molecule has 0 fully saturated rings. The summed E-state index contributed by atoms with van der Waals surface area (Å²) in [6.07, 6.45) is 1.83. The van der Waals surface area contributed by atoms with E-state index < -0.39 is 0 Å². The van der Waals surface area contributed by atoms with Crippen molar-refractivity contribution in [1.82, 2.24) is 14.5 Å². The molecule has 0 unspecified atom stereocenters. The minimum Gasteiger partial charge on any atom is -0.369 e. The molecule has 0 saturated heterocycles. The predicted octanol–water partition coefficient (Wildman–Crippen LogP) is 3.11. The number of benzene rings is 2. The van der Waals surface area contributed by atoms with Crippen LogP contribution in [0.15, 0.2) is 59.7 Å². The van der Waals surface area contributed by atoms with Gasteiger partial charge in [0.25, 0.3) is 5.91 Å². The summed E-state index contributed by atoms with van der Waals surface area (Å²) in [4.78, 5) is 24.9. The number of para-hydroxylation sites is 1. The van der Waals surface area contributed by atoms with Crippen molar-refractivity contribution in [3.05, 3.63) is 65.9 Å². The number of hydrogen-bond donors (Lipinski definition) is 2. The van der Waals surface area contributed by atoms with Crippen LogP contribution in [0.5, 0.6) is 0 Å². The third kappa shape index (κ3) is 2.46. The van der Waals surface area contributed by atoms with Crippen LogP contribution in [0.2, 0.25) is 0 Å². The van der Waals surface area contributed by atoms with E-state index in [-0.39, 0.29) is 18.3 Å². The second-order valence-corrected chi connectivity index (χ2v) is 6.02. The first-order valence-corrected chi connectivity index (χ1v) is 8.20. The lowest BCUT2D eigenvalue weighted by molar-refractivity contribution is 0.0998. The van der Waals surface area contributed by atoms with E-state index in [4.69, 9.17) is 0 Å². The van der Waals surface area contributed by atoms with Gasteiger partial charge in [-0.3, -0.25) is 9.36 Å². The molecule has 26 heavy (non-hydrogen) atoms. The normalized spacial score (nSPS) is 13.5. The molecular formula is C19H16ClN5O. The van der Waals surface area contributed by atoms with Crippen molar-refractivity contribution in [2.75, 3.05) is 11.9 Å². The molecule has 2 aromatic heterocycles. The Morgan fingerprint density at radius 2 is 1.96 bits per heavy atom. The third-order valence-corrected chi connectivity index (χ3v) is 4.55. The summed E-state index contributed by atoms with van der Waals surface area (Å²) >= 11 is 0. The van der Waals surface area contributed by atoms with Gasteiger partial charge in [-0.25, -0.2) is 4.98 Å². The van der Waals surface area contributed by atoms with E-state index in [1.165, 1.54) is 0 Å². The summed E-state index contributed by atoms with van der Waals surface area (Å²) in [6, 6.07) is 15.4. The molecule has 130 valence electrons. The minimum absolute atomic E-state index is 0. The standard InChI is InChI=1S/C19H15N5O.ClH/c25-18(13-5-3-7-15-12(13)8-9-20-15)23-19-22-16-6-2-1-4-14(16)17-21-10-11-24(17)19;/h1-9,20-21H,10-11H2;1H. The number of carbonyl (C=O) groups is 1. The SMILES string of the molecule is Cl.O=C(N=c1nc2ccccc2c2n1CCN2)c1cccc2[nH]ccc12. The predicted molar refractivity (Wildman–Crippen MR) is 104 cm³/mol. The molecule has 2 N–H and O–H groups in total. The van der Waals surface area contributed by atoms with Gasteiger partial charge in [0.15, 0.2) is 0 Å². The Hall–Kier alpha value is -3.12. The largest absolute Gasteiger partial charge is 0.369 e. The second kappa shape index (κ2) is 6.31. The minimum atomic E-state index is -0.283. The molecule has 0 saturated carbocycles. The highest BCUT2D eigenvalue weighted by Gasteiger charge is 2.16. The molecule has 0 atom stereocenters. The highest BCUT2D eigenvalue weighted by atomic mass is 35.5. The van der Waals surface area contributed by atoms with Gasteiger partial charge >= 0.3 is 0 Å². The van der Waals surface area contributed by atoms with Gasteiger partial charge in [-0.1, -0.05) is 18.2 Å². The van der Waals surface area contributed by atoms with Crippen LogP contribution >= 0.6 is 12.4 Å². The summed E-state index contributed by atoms with van der Waals surface area (Å²) in [7, 11) is 0. The van der Waals surface area contributed by atoms with Crippen LogP contribution in [0, 0.1) is 0 Å². The molecule has 0 spiro atoms. The summed E-state index contributed by atoms with van der Waals surface area (Å²) in [5.74, 6) is 0.687. The van der Waals surface area contributed by atoms with Crippen molar-refractivity contribution in [3.63, 3.8) is 0 Å². The molecule has 6 nitrogen and oxygen atoms in total. The highest BCUT2D eigenvalue weighted by Crippen LogP contribution is 2.23. The Morgan fingerprint density at radius 3 is 2.88 bits per heavy atom. The number of aromatic nitrogens is 3. The van der Waals surface area contributed by atoms with Crippen molar-refractivity contribution >= 4 is 45.9 Å². The average molecular weight is 366 g/mol. The number of nitrogens with zero attached hydrogens (tertiary/aromatic N) is 3. The fraction of sp³-hybridized carbons (Fsp3) is 0.105. The smallest absolute Gasteiger partial charge is 0.280 e. The first kappa shape index (κ1) is 16.4. The highest BCUT2D eigenvalue weighted by molar-refractivity contribution is 6.06. The van der Waals surface area contributed by atoms with Crippen molar-refractivity contribution in [3.8, 4) is 0 Å². The Balaban J connectivity index is 0.00000168. The van der Waals surface area contributed by atoms with E-state index >= 15 is 0 Å². The molecule has 2 aromatic carbocycles. The summed E-state index contributed by atoms with van der Waals surface area (Å²) < 4.78 is 1.97. The molecule has 5 rings (SSSR count). The van der Waals surface area contributed by atoms with E-state index in [1.54, 1.807) is 6.07 Å². The maximum atomic E-state index is 12.8. The number of amides is 1. The Kier molecular flexibility index (Phi) is 3.97. The Bertz CT molecular complexity index is 1210. The van der Waals surface area contributed by atoms with Crippen LogP contribution in [-0.4, -0.2) is 27.0 Å². The van der Waals surface area contributed by atoms with Crippen molar-refractivity contribution in [2.45, 2.75) is 6.54 Å². The number of H-pyrrole nitrogens is 1. The van der Waals surface area contributed by atoms with Gasteiger partial charge in [-0.05, 0) is 30.3 Å². The van der Waals surface area contributed by atoms with Crippen LogP contribution in [0.4, 0.5) is 5.82 Å². The monoisotopic (exact) mass is 365 g/mol. The Morgan fingerprint density at radius 1 is 1.08 bits per heavy atom. The molecule has 3 heterocycles. The molecule has 1 aliphatic rings. The Labute approximate surface area is 155 Å². The number of anilines is 1. The number of carbonyl (C=O) groups excluding carboxylic acids is 1. The van der Waals surface area contributed by atoms with E-state index in [9.17, 15) is 4.79 Å². The van der Waals surface area contributed by atoms with Crippen molar-refractivity contribution in [2.24, 2.45) is 4.99 Å². The zero-order valence-corrected chi connectivity index (χ0v) is 14.6. The van der Waals surface area contributed by atoms with E-state index in [0.717, 1.165) is 40.7 Å². The van der Waals surface area contributed by atoms with Crippen LogP contribution in [0.25, 0.3) is 21.8 Å².